The zero-order valence-corrected chi connectivity index (χ0v) is 22.7. The standard InChI is InChI=1S/C24H32Cl2N4O4S/c1-5-14-27-24(32)22(6-2)29(16-18-12-13-19(25)15-21(18)26)23(31)17-30(35(33,34)28(3)4)20-10-8-7-9-11-20/h7-13,15,22H,5-6,14,16-17H2,1-4H3,(H,27,32)/t22-/m1/s1. The molecule has 0 aromatic heterocycles. The van der Waals surface area contributed by atoms with E-state index in [2.05, 4.69) is 5.32 Å². The van der Waals surface area contributed by atoms with Crippen molar-refractivity contribution < 1.29 is 18.0 Å². The smallest absolute Gasteiger partial charge is 0.304 e. The van der Waals surface area contributed by atoms with Crippen molar-refractivity contribution in [3.8, 4) is 0 Å². The van der Waals surface area contributed by atoms with Crippen LogP contribution in [0.2, 0.25) is 10.0 Å². The van der Waals surface area contributed by atoms with Gasteiger partial charge >= 0.3 is 10.2 Å². The quantitative estimate of drug-likeness (QED) is 0.439. The Morgan fingerprint density at radius 3 is 2.23 bits per heavy atom. The van der Waals surface area contributed by atoms with Gasteiger partial charge in [0.05, 0.1) is 5.69 Å². The number of para-hydroxylation sites is 1. The molecule has 35 heavy (non-hydrogen) atoms. The third kappa shape index (κ3) is 7.57. The van der Waals surface area contributed by atoms with E-state index >= 15 is 0 Å². The molecular weight excluding hydrogens is 511 g/mol. The van der Waals surface area contributed by atoms with Crippen LogP contribution in [0.3, 0.4) is 0 Å². The maximum atomic E-state index is 13.7. The zero-order chi connectivity index (χ0) is 26.2. The Bertz CT molecular complexity index is 1110. The highest BCUT2D eigenvalue weighted by molar-refractivity contribution is 7.90. The molecule has 2 rings (SSSR count). The Morgan fingerprint density at radius 1 is 1.03 bits per heavy atom. The summed E-state index contributed by atoms with van der Waals surface area (Å²) in [6, 6.07) is 12.4. The van der Waals surface area contributed by atoms with E-state index in [0.717, 1.165) is 15.0 Å². The largest absolute Gasteiger partial charge is 0.354 e. The van der Waals surface area contributed by atoms with Crippen molar-refractivity contribution in [2.75, 3.05) is 31.5 Å². The summed E-state index contributed by atoms with van der Waals surface area (Å²) in [5.41, 5.74) is 0.926. The molecule has 0 saturated heterocycles. The molecule has 1 atom stereocenters. The summed E-state index contributed by atoms with van der Waals surface area (Å²) in [4.78, 5) is 28.1. The third-order valence-corrected chi connectivity index (χ3v) is 7.76. The molecule has 192 valence electrons. The molecule has 0 spiro atoms. The number of halogens is 2. The van der Waals surface area contributed by atoms with Crippen LogP contribution in [-0.4, -0.2) is 62.7 Å². The molecule has 0 aliphatic rings. The number of nitrogens with zero attached hydrogens (tertiary/aromatic N) is 3. The van der Waals surface area contributed by atoms with Crippen LogP contribution in [0.1, 0.15) is 32.3 Å². The summed E-state index contributed by atoms with van der Waals surface area (Å²) in [5.74, 6) is -0.849. The fourth-order valence-electron chi connectivity index (χ4n) is 3.43. The molecule has 2 aromatic rings. The van der Waals surface area contributed by atoms with Crippen LogP contribution in [0.4, 0.5) is 5.69 Å². The highest BCUT2D eigenvalue weighted by atomic mass is 35.5. The van der Waals surface area contributed by atoms with Gasteiger partial charge < -0.3 is 10.2 Å². The van der Waals surface area contributed by atoms with Crippen molar-refractivity contribution in [2.45, 2.75) is 39.3 Å². The first-order valence-electron chi connectivity index (χ1n) is 11.3. The summed E-state index contributed by atoms with van der Waals surface area (Å²) in [5, 5.41) is 3.62. The molecular formula is C24H32Cl2N4O4S. The molecule has 0 radical (unpaired) electrons. The van der Waals surface area contributed by atoms with E-state index in [1.807, 2.05) is 6.92 Å². The van der Waals surface area contributed by atoms with Crippen LogP contribution in [0.25, 0.3) is 0 Å². The number of anilines is 1. The number of rotatable bonds is 12. The molecule has 11 heteroatoms. The monoisotopic (exact) mass is 542 g/mol. The lowest BCUT2D eigenvalue weighted by Crippen LogP contribution is -2.53. The molecule has 1 N–H and O–H groups in total. The van der Waals surface area contributed by atoms with Crippen molar-refractivity contribution in [1.29, 1.82) is 0 Å². The Kier molecular flexibility index (Phi) is 10.8. The van der Waals surface area contributed by atoms with Crippen LogP contribution < -0.4 is 9.62 Å². The minimum Gasteiger partial charge on any atom is -0.354 e. The maximum absolute atomic E-state index is 13.7. The molecule has 0 aliphatic heterocycles. The molecule has 0 bridgehead atoms. The topological polar surface area (TPSA) is 90.0 Å². The van der Waals surface area contributed by atoms with Gasteiger partial charge in [-0.25, -0.2) is 4.31 Å². The van der Waals surface area contributed by atoms with E-state index in [-0.39, 0.29) is 12.5 Å². The molecule has 2 aromatic carbocycles. The number of hydrogen-bond donors (Lipinski definition) is 1. The SMILES string of the molecule is CCCNC(=O)[C@@H](CC)N(Cc1ccc(Cl)cc1Cl)C(=O)CN(c1ccccc1)S(=O)(=O)N(C)C. The van der Waals surface area contributed by atoms with Crippen LogP contribution in [0.5, 0.6) is 0 Å². The van der Waals surface area contributed by atoms with Crippen molar-refractivity contribution >= 4 is 50.9 Å². The van der Waals surface area contributed by atoms with Crippen molar-refractivity contribution in [3.05, 3.63) is 64.1 Å². The molecule has 8 nitrogen and oxygen atoms in total. The molecule has 0 fully saturated rings. The van der Waals surface area contributed by atoms with Gasteiger partial charge in [-0.15, -0.1) is 0 Å². The van der Waals surface area contributed by atoms with Gasteiger partial charge in [0, 0.05) is 37.2 Å². The second-order valence-electron chi connectivity index (χ2n) is 8.10. The Balaban J connectivity index is 2.49. The zero-order valence-electron chi connectivity index (χ0n) is 20.4. The van der Waals surface area contributed by atoms with Gasteiger partial charge in [-0.3, -0.25) is 9.59 Å². The summed E-state index contributed by atoms with van der Waals surface area (Å²) < 4.78 is 28.3. The maximum Gasteiger partial charge on any atom is 0.304 e. The van der Waals surface area contributed by atoms with Crippen molar-refractivity contribution in [1.82, 2.24) is 14.5 Å². The van der Waals surface area contributed by atoms with Gasteiger partial charge in [0.25, 0.3) is 0 Å². The lowest BCUT2D eigenvalue weighted by molar-refractivity contribution is -0.140. The van der Waals surface area contributed by atoms with E-state index in [4.69, 9.17) is 23.2 Å². The van der Waals surface area contributed by atoms with Gasteiger partial charge in [0.15, 0.2) is 0 Å². The van der Waals surface area contributed by atoms with Gasteiger partial charge in [-0.05, 0) is 42.7 Å². The first kappa shape index (κ1) is 28.9. The highest BCUT2D eigenvalue weighted by Crippen LogP contribution is 2.25. The van der Waals surface area contributed by atoms with E-state index in [1.165, 1.54) is 19.0 Å². The van der Waals surface area contributed by atoms with Crippen molar-refractivity contribution in [3.63, 3.8) is 0 Å². The minimum atomic E-state index is -4.00. The minimum absolute atomic E-state index is 0.0114. The second kappa shape index (κ2) is 13.1. The predicted octanol–water partition coefficient (Wildman–Crippen LogP) is 3.94. The van der Waals surface area contributed by atoms with E-state index in [1.54, 1.807) is 55.5 Å². The average Bonchev–Trinajstić information content (AvgIpc) is 2.82. The predicted molar refractivity (Wildman–Crippen MR) is 141 cm³/mol. The number of benzene rings is 2. The number of carbonyl (C=O) groups excluding carboxylic acids is 2. The van der Waals surface area contributed by atoms with E-state index in [9.17, 15) is 18.0 Å². The number of amides is 2. The van der Waals surface area contributed by atoms with E-state index in [0.29, 0.717) is 34.3 Å². The Morgan fingerprint density at radius 2 is 1.69 bits per heavy atom. The summed E-state index contributed by atoms with van der Waals surface area (Å²) in [7, 11) is -1.21. The molecule has 0 unspecified atom stereocenters. The molecule has 2 amide bonds. The number of carbonyl (C=O) groups is 2. The van der Waals surface area contributed by atoms with Crippen LogP contribution in [0.15, 0.2) is 48.5 Å². The molecule has 0 heterocycles. The third-order valence-electron chi connectivity index (χ3n) is 5.35. The highest BCUT2D eigenvalue weighted by Gasteiger charge is 2.33. The Labute approximate surface area is 218 Å². The van der Waals surface area contributed by atoms with E-state index < -0.39 is 28.7 Å². The lowest BCUT2D eigenvalue weighted by atomic mass is 10.1. The Hall–Kier alpha value is -2.33. The van der Waals surface area contributed by atoms with Crippen LogP contribution in [0, 0.1) is 0 Å². The average molecular weight is 544 g/mol. The summed E-state index contributed by atoms with van der Waals surface area (Å²) in [6.07, 6.45) is 1.07. The number of hydrogen-bond acceptors (Lipinski definition) is 4. The van der Waals surface area contributed by atoms with Gasteiger partial charge in [-0.2, -0.15) is 12.7 Å². The van der Waals surface area contributed by atoms with Crippen LogP contribution >= 0.6 is 23.2 Å². The first-order valence-corrected chi connectivity index (χ1v) is 13.4. The van der Waals surface area contributed by atoms with Gasteiger partial charge in [-0.1, -0.05) is 61.3 Å². The normalized spacial score (nSPS) is 12.3. The number of nitrogens with one attached hydrogen (secondary N) is 1. The van der Waals surface area contributed by atoms with Crippen LogP contribution in [-0.2, 0) is 26.3 Å². The molecule has 0 saturated carbocycles. The molecule has 0 aliphatic carbocycles. The second-order valence-corrected chi connectivity index (χ2v) is 11.0. The van der Waals surface area contributed by atoms with Gasteiger partial charge in [0.1, 0.15) is 12.6 Å². The fraction of sp³-hybridized carbons (Fsp3) is 0.417. The van der Waals surface area contributed by atoms with Crippen molar-refractivity contribution in [2.24, 2.45) is 0 Å². The fourth-order valence-corrected chi connectivity index (χ4v) is 4.95. The van der Waals surface area contributed by atoms with Gasteiger partial charge in [0.2, 0.25) is 11.8 Å². The summed E-state index contributed by atoms with van der Waals surface area (Å²) >= 11 is 12.4. The summed E-state index contributed by atoms with van der Waals surface area (Å²) in [6.45, 7) is 3.71. The lowest BCUT2D eigenvalue weighted by Gasteiger charge is -2.34. The first-order chi connectivity index (χ1) is 16.5.